The second kappa shape index (κ2) is 4.84. The number of hydrogen-bond acceptors (Lipinski definition) is 2. The van der Waals surface area contributed by atoms with E-state index in [0.717, 1.165) is 6.42 Å². The number of fused-ring (bicyclic) bond motifs is 3. The number of para-hydroxylation sites is 1. The lowest BCUT2D eigenvalue weighted by Gasteiger charge is -2.56. The Morgan fingerprint density at radius 3 is 2.96 bits per heavy atom. The van der Waals surface area contributed by atoms with Crippen molar-refractivity contribution < 1.29 is 4.74 Å². The second-order valence-electron chi connectivity index (χ2n) is 7.65. The number of nitrogens with zero attached hydrogens (tertiary/aromatic N) is 2. The third kappa shape index (κ3) is 1.67. The summed E-state index contributed by atoms with van der Waals surface area (Å²) in [6, 6.07) is 9.56. The first-order valence-corrected chi connectivity index (χ1v) is 9.17. The van der Waals surface area contributed by atoms with Crippen LogP contribution in [-0.2, 0) is 11.2 Å². The second-order valence-corrected chi connectivity index (χ2v) is 7.65. The van der Waals surface area contributed by atoms with Gasteiger partial charge in [-0.1, -0.05) is 25.1 Å². The van der Waals surface area contributed by atoms with E-state index in [1.54, 1.807) is 11.3 Å². The van der Waals surface area contributed by atoms with Crippen molar-refractivity contribution in [2.75, 3.05) is 20.2 Å². The fourth-order valence-corrected chi connectivity index (χ4v) is 5.82. The van der Waals surface area contributed by atoms with Crippen molar-refractivity contribution in [3.05, 3.63) is 35.5 Å². The molecule has 3 aliphatic rings. The van der Waals surface area contributed by atoms with Crippen molar-refractivity contribution in [3.8, 4) is 0 Å². The summed E-state index contributed by atoms with van der Waals surface area (Å²) in [5.41, 5.74) is 4.96. The van der Waals surface area contributed by atoms with Crippen molar-refractivity contribution in [1.29, 1.82) is 0 Å². The van der Waals surface area contributed by atoms with Crippen LogP contribution in [0.15, 0.2) is 24.3 Å². The molecule has 2 aromatic rings. The average molecular weight is 310 g/mol. The molecule has 1 saturated heterocycles. The molecule has 122 valence electrons. The average Bonchev–Trinajstić information content (AvgIpc) is 2.95. The maximum absolute atomic E-state index is 6.02. The summed E-state index contributed by atoms with van der Waals surface area (Å²) in [7, 11) is 1.89. The third-order valence-electron chi connectivity index (χ3n) is 6.88. The maximum Gasteiger partial charge on any atom is 0.134 e. The molecule has 3 heteroatoms. The Bertz CT molecular complexity index is 764. The smallest absolute Gasteiger partial charge is 0.134 e. The zero-order chi connectivity index (χ0) is 15.6. The van der Waals surface area contributed by atoms with Gasteiger partial charge in [0.2, 0.25) is 0 Å². The Kier molecular flexibility index (Phi) is 2.96. The van der Waals surface area contributed by atoms with E-state index in [2.05, 4.69) is 40.7 Å². The van der Waals surface area contributed by atoms with Crippen LogP contribution in [0.5, 0.6) is 0 Å². The van der Waals surface area contributed by atoms with Crippen molar-refractivity contribution >= 4 is 10.9 Å². The molecule has 0 N–H and O–H groups in total. The van der Waals surface area contributed by atoms with E-state index in [-0.39, 0.29) is 6.23 Å². The van der Waals surface area contributed by atoms with Crippen LogP contribution < -0.4 is 0 Å². The summed E-state index contributed by atoms with van der Waals surface area (Å²) in [5.74, 6) is 0. The van der Waals surface area contributed by atoms with Gasteiger partial charge in [-0.15, -0.1) is 0 Å². The maximum atomic E-state index is 6.02. The molecule has 4 heterocycles. The van der Waals surface area contributed by atoms with Gasteiger partial charge in [0.1, 0.15) is 6.23 Å². The van der Waals surface area contributed by atoms with Gasteiger partial charge in [0.25, 0.3) is 0 Å². The number of hydrogen-bond donors (Lipinski definition) is 0. The van der Waals surface area contributed by atoms with Crippen molar-refractivity contribution in [2.24, 2.45) is 5.41 Å². The van der Waals surface area contributed by atoms with E-state index < -0.39 is 0 Å². The molecule has 0 amide bonds. The van der Waals surface area contributed by atoms with Gasteiger partial charge < -0.3 is 9.30 Å². The number of methoxy groups -OCH3 is 1. The van der Waals surface area contributed by atoms with Gasteiger partial charge in [-0.3, -0.25) is 4.90 Å². The van der Waals surface area contributed by atoms with Gasteiger partial charge in [-0.25, -0.2) is 0 Å². The monoisotopic (exact) mass is 310 g/mol. The first-order chi connectivity index (χ1) is 11.3. The normalized spacial score (nSPS) is 33.0. The molecular weight excluding hydrogens is 284 g/mol. The lowest BCUT2D eigenvalue weighted by Crippen LogP contribution is -2.53. The van der Waals surface area contributed by atoms with Crippen LogP contribution in [0.4, 0.5) is 0 Å². The number of benzene rings is 1. The molecule has 1 aromatic heterocycles. The fraction of sp³-hybridized carbons (Fsp3) is 0.600. The summed E-state index contributed by atoms with van der Waals surface area (Å²) in [6.07, 6.45) is 6.50. The van der Waals surface area contributed by atoms with E-state index >= 15 is 0 Å². The standard InChI is InChI=1S/C20H26N2O/c1-3-20-10-6-11-21-12-9-15-14-7-4-5-8-16(14)22(17(13-20)23-2)18(15)19(20)21/h4-5,7-8,17,19H,3,6,9-13H2,1-2H3/t17-,19+,20-/m1/s1. The number of ether oxygens (including phenoxy) is 1. The summed E-state index contributed by atoms with van der Waals surface area (Å²) < 4.78 is 8.56. The van der Waals surface area contributed by atoms with Crippen LogP contribution in [0.1, 0.15) is 56.1 Å². The van der Waals surface area contributed by atoms with Gasteiger partial charge in [0.05, 0.1) is 11.6 Å². The molecule has 0 radical (unpaired) electrons. The largest absolute Gasteiger partial charge is 0.361 e. The highest BCUT2D eigenvalue weighted by Crippen LogP contribution is 2.59. The molecule has 3 atom stereocenters. The van der Waals surface area contributed by atoms with Gasteiger partial charge >= 0.3 is 0 Å². The number of piperidine rings is 1. The Balaban J connectivity index is 1.85. The predicted octanol–water partition coefficient (Wildman–Crippen LogP) is 4.28. The molecule has 0 bridgehead atoms. The van der Waals surface area contributed by atoms with Gasteiger partial charge in [0, 0.05) is 31.2 Å². The first-order valence-electron chi connectivity index (χ1n) is 9.17. The Hall–Kier alpha value is -1.32. The van der Waals surface area contributed by atoms with Crippen LogP contribution in [0.25, 0.3) is 10.9 Å². The Labute approximate surface area is 138 Å². The van der Waals surface area contributed by atoms with Crippen LogP contribution in [0.3, 0.4) is 0 Å². The quantitative estimate of drug-likeness (QED) is 0.824. The third-order valence-corrected chi connectivity index (χ3v) is 6.88. The van der Waals surface area contributed by atoms with Crippen LogP contribution in [0.2, 0.25) is 0 Å². The molecule has 3 nitrogen and oxygen atoms in total. The molecule has 1 fully saturated rings. The van der Waals surface area contributed by atoms with Crippen molar-refractivity contribution in [1.82, 2.24) is 9.47 Å². The molecule has 1 aromatic carbocycles. The molecule has 3 aliphatic heterocycles. The van der Waals surface area contributed by atoms with Gasteiger partial charge in [0.15, 0.2) is 0 Å². The highest BCUT2D eigenvalue weighted by atomic mass is 16.5. The topological polar surface area (TPSA) is 17.4 Å². The molecule has 0 aliphatic carbocycles. The summed E-state index contributed by atoms with van der Waals surface area (Å²) >= 11 is 0. The van der Waals surface area contributed by atoms with Crippen molar-refractivity contribution in [3.63, 3.8) is 0 Å². The summed E-state index contributed by atoms with van der Waals surface area (Å²) in [6.45, 7) is 4.89. The molecule has 23 heavy (non-hydrogen) atoms. The van der Waals surface area contributed by atoms with Crippen LogP contribution >= 0.6 is 0 Å². The number of rotatable bonds is 2. The van der Waals surface area contributed by atoms with E-state index in [1.165, 1.54) is 49.7 Å². The zero-order valence-corrected chi connectivity index (χ0v) is 14.2. The minimum absolute atomic E-state index is 0.192. The van der Waals surface area contributed by atoms with E-state index in [4.69, 9.17) is 4.74 Å². The minimum atomic E-state index is 0.192. The predicted molar refractivity (Wildman–Crippen MR) is 92.6 cm³/mol. The lowest BCUT2D eigenvalue weighted by molar-refractivity contribution is -0.0926. The van der Waals surface area contributed by atoms with Crippen LogP contribution in [-0.4, -0.2) is 29.7 Å². The van der Waals surface area contributed by atoms with Crippen molar-refractivity contribution in [2.45, 2.75) is 51.3 Å². The SMILES string of the molecule is CC[C@@]12CCCN3CCc4c(n(c5ccccc45)[C@H](OC)C1)[C@H]32. The zero-order valence-electron chi connectivity index (χ0n) is 14.2. The molecule has 0 spiro atoms. The highest BCUT2D eigenvalue weighted by Gasteiger charge is 2.53. The highest BCUT2D eigenvalue weighted by molar-refractivity contribution is 5.86. The fourth-order valence-electron chi connectivity index (χ4n) is 5.82. The van der Waals surface area contributed by atoms with Crippen LogP contribution in [0, 0.1) is 5.41 Å². The molecule has 5 rings (SSSR count). The van der Waals surface area contributed by atoms with E-state index in [1.807, 2.05) is 7.11 Å². The Morgan fingerprint density at radius 1 is 1.26 bits per heavy atom. The van der Waals surface area contributed by atoms with Gasteiger partial charge in [-0.05, 0) is 49.3 Å². The number of aromatic nitrogens is 1. The Morgan fingerprint density at radius 2 is 2.13 bits per heavy atom. The minimum Gasteiger partial charge on any atom is -0.361 e. The van der Waals surface area contributed by atoms with Gasteiger partial charge in [-0.2, -0.15) is 0 Å². The molecule has 0 unspecified atom stereocenters. The lowest BCUT2D eigenvalue weighted by atomic mass is 9.64. The van der Waals surface area contributed by atoms with E-state index in [0.29, 0.717) is 11.5 Å². The summed E-state index contributed by atoms with van der Waals surface area (Å²) in [4.78, 5) is 2.77. The molecule has 0 saturated carbocycles. The molecular formula is C20H26N2O. The summed E-state index contributed by atoms with van der Waals surface area (Å²) in [5, 5.41) is 1.46. The first kappa shape index (κ1) is 14.1. The van der Waals surface area contributed by atoms with E-state index in [9.17, 15) is 0 Å².